The van der Waals surface area contributed by atoms with E-state index in [1.165, 1.54) is 0 Å². The molecule has 4 atom stereocenters. The summed E-state index contributed by atoms with van der Waals surface area (Å²) in [6.07, 6.45) is -4.33. The van der Waals surface area contributed by atoms with Crippen molar-refractivity contribution in [3.63, 3.8) is 0 Å². The average molecular weight is 320 g/mol. The van der Waals surface area contributed by atoms with Crippen LogP contribution in [0.15, 0.2) is 0 Å². The molecule has 0 aromatic heterocycles. The van der Waals surface area contributed by atoms with Crippen LogP contribution in [-0.4, -0.2) is 34.9 Å². The molecule has 116 valence electrons. The zero-order valence-electron chi connectivity index (χ0n) is 10.1. The van der Waals surface area contributed by atoms with Gasteiger partial charge in [-0.2, -0.15) is 13.2 Å². The Morgan fingerprint density at radius 2 is 2.00 bits per heavy atom. The minimum Gasteiger partial charge on any atom is -0.365 e. The van der Waals surface area contributed by atoms with Gasteiger partial charge in [0, 0.05) is 5.92 Å². The summed E-state index contributed by atoms with van der Waals surface area (Å²) in [5, 5.41) is 6.87. The molecule has 2 aliphatic carbocycles. The van der Waals surface area contributed by atoms with Crippen LogP contribution >= 0.6 is 12.0 Å². The molecule has 0 radical (unpaired) electrons. The van der Waals surface area contributed by atoms with E-state index in [1.807, 2.05) is 0 Å². The second-order valence-electron chi connectivity index (χ2n) is 4.86. The number of ketones is 1. The maximum absolute atomic E-state index is 13.8. The van der Waals surface area contributed by atoms with E-state index in [0.29, 0.717) is 19.3 Å². The first-order valence-corrected chi connectivity index (χ1v) is 6.59. The van der Waals surface area contributed by atoms with E-state index in [4.69, 9.17) is 9.99 Å². The summed E-state index contributed by atoms with van der Waals surface area (Å²) in [6, 6.07) is 0. The number of Topliss-reactive ketones (excluding diaryl/α,β-unsaturated/α-hetero) is 1. The number of hydrogen-bond acceptors (Lipinski definition) is 6. The van der Waals surface area contributed by atoms with Crippen LogP contribution < -0.4 is 0 Å². The summed E-state index contributed by atoms with van der Waals surface area (Å²) in [5.41, 5.74) is 0. The molecule has 2 saturated carbocycles. The Bertz CT molecular complexity index is 379. The topological polar surface area (TPSA) is 65.0 Å². The second-order valence-corrected chi connectivity index (χ2v) is 5.81. The summed E-state index contributed by atoms with van der Waals surface area (Å²) in [4.78, 5) is 11.7. The van der Waals surface area contributed by atoms with Crippen LogP contribution in [0.2, 0.25) is 0 Å². The monoisotopic (exact) mass is 320 g/mol. The van der Waals surface area contributed by atoms with E-state index in [1.54, 1.807) is 0 Å². The van der Waals surface area contributed by atoms with Gasteiger partial charge in [-0.15, -0.1) is 4.33 Å². The lowest BCUT2D eigenvalue weighted by Gasteiger charge is -2.28. The van der Waals surface area contributed by atoms with Gasteiger partial charge < -0.3 is 4.74 Å². The molecule has 20 heavy (non-hydrogen) atoms. The SMILES string of the molecule is O=C1C2CCC(C2)C1OCC(F)(SOOO)C(F)(F)F. The number of hydrogen-bond donors (Lipinski definition) is 1. The van der Waals surface area contributed by atoms with Crippen molar-refractivity contribution in [1.82, 2.24) is 0 Å². The third-order valence-corrected chi connectivity index (χ3v) is 4.39. The molecular weight excluding hydrogens is 308 g/mol. The lowest BCUT2D eigenvalue weighted by Crippen LogP contribution is -2.45. The molecule has 0 aliphatic heterocycles. The Kier molecular flexibility index (Phi) is 4.59. The van der Waals surface area contributed by atoms with Gasteiger partial charge in [0.25, 0.3) is 0 Å². The van der Waals surface area contributed by atoms with Crippen molar-refractivity contribution < 1.29 is 41.7 Å². The summed E-state index contributed by atoms with van der Waals surface area (Å²) >= 11 is -0.765. The van der Waals surface area contributed by atoms with E-state index in [0.717, 1.165) is 0 Å². The number of carbonyl (C=O) groups excluding carboxylic acids is 1. The van der Waals surface area contributed by atoms with Crippen molar-refractivity contribution in [3.05, 3.63) is 0 Å². The fourth-order valence-corrected chi connectivity index (χ4v) is 3.00. The third-order valence-electron chi connectivity index (χ3n) is 3.65. The van der Waals surface area contributed by atoms with Crippen LogP contribution in [0.4, 0.5) is 17.6 Å². The molecular formula is C10H12F4O5S. The van der Waals surface area contributed by atoms with Gasteiger partial charge in [0.2, 0.25) is 0 Å². The van der Waals surface area contributed by atoms with Gasteiger partial charge in [-0.05, 0) is 25.2 Å². The number of fused-ring (bicyclic) bond motifs is 2. The maximum Gasteiger partial charge on any atom is 0.436 e. The van der Waals surface area contributed by atoms with Crippen LogP contribution in [0.1, 0.15) is 19.3 Å². The highest BCUT2D eigenvalue weighted by atomic mass is 32.2. The van der Waals surface area contributed by atoms with Gasteiger partial charge in [-0.25, -0.2) is 9.65 Å². The molecule has 1 N–H and O–H groups in total. The first-order valence-electron chi connectivity index (χ1n) is 5.85. The largest absolute Gasteiger partial charge is 0.436 e. The molecule has 2 bridgehead atoms. The standard InChI is InChI=1S/C10H12F4O5S/c11-9(10(12,13)14,20-19-18-16)4-17-8-6-2-1-5(3-6)7(8)15/h5-6,8,16H,1-4H2. The van der Waals surface area contributed by atoms with Crippen LogP contribution in [0, 0.1) is 11.8 Å². The lowest BCUT2D eigenvalue weighted by atomic mass is 9.96. The Morgan fingerprint density at radius 1 is 1.30 bits per heavy atom. The highest BCUT2D eigenvalue weighted by Crippen LogP contribution is 2.47. The molecule has 0 amide bonds. The van der Waals surface area contributed by atoms with Crippen molar-refractivity contribution in [2.45, 2.75) is 36.5 Å². The van der Waals surface area contributed by atoms with Crippen molar-refractivity contribution in [2.75, 3.05) is 6.61 Å². The molecule has 2 rings (SSSR count). The smallest absolute Gasteiger partial charge is 0.365 e. The zero-order valence-corrected chi connectivity index (χ0v) is 10.9. The molecule has 2 fully saturated rings. The number of alkyl halides is 4. The Labute approximate surface area is 115 Å². The van der Waals surface area contributed by atoms with Gasteiger partial charge in [0.1, 0.15) is 12.7 Å². The summed E-state index contributed by atoms with van der Waals surface area (Å²) in [5.74, 6) is -0.602. The van der Waals surface area contributed by atoms with Crippen molar-refractivity contribution in [3.8, 4) is 0 Å². The number of carbonyl (C=O) groups is 1. The van der Waals surface area contributed by atoms with Gasteiger partial charge in [-0.3, -0.25) is 4.79 Å². The summed E-state index contributed by atoms with van der Waals surface area (Å²) in [7, 11) is 0. The molecule has 0 spiro atoms. The Balaban J connectivity index is 1.97. The van der Waals surface area contributed by atoms with Crippen LogP contribution in [0.3, 0.4) is 0 Å². The lowest BCUT2D eigenvalue weighted by molar-refractivity contribution is -0.434. The maximum atomic E-state index is 13.8. The second kappa shape index (κ2) is 5.76. The summed E-state index contributed by atoms with van der Waals surface area (Å²) in [6.45, 7) is -1.41. The fourth-order valence-electron chi connectivity index (χ4n) is 2.65. The minimum atomic E-state index is -5.31. The van der Waals surface area contributed by atoms with E-state index in [2.05, 4.69) is 9.37 Å². The van der Waals surface area contributed by atoms with Gasteiger partial charge in [-0.1, -0.05) is 5.04 Å². The van der Waals surface area contributed by atoms with Gasteiger partial charge in [0.05, 0.1) is 12.0 Å². The average Bonchev–Trinajstić information content (AvgIpc) is 2.94. The van der Waals surface area contributed by atoms with E-state index in [-0.39, 0.29) is 17.6 Å². The van der Waals surface area contributed by atoms with E-state index in [9.17, 15) is 22.4 Å². The zero-order chi connectivity index (χ0) is 15.0. The van der Waals surface area contributed by atoms with Crippen molar-refractivity contribution in [1.29, 1.82) is 0 Å². The minimum absolute atomic E-state index is 0.148. The van der Waals surface area contributed by atoms with E-state index >= 15 is 0 Å². The van der Waals surface area contributed by atoms with Crippen LogP contribution in [-0.2, 0) is 18.9 Å². The van der Waals surface area contributed by atoms with Gasteiger partial charge in [0.15, 0.2) is 5.78 Å². The molecule has 0 aromatic carbocycles. The van der Waals surface area contributed by atoms with Crippen molar-refractivity contribution in [2.24, 2.45) is 11.8 Å². The predicted molar refractivity (Wildman–Crippen MR) is 57.9 cm³/mol. The predicted octanol–water partition coefficient (Wildman–Crippen LogP) is 2.67. The Morgan fingerprint density at radius 3 is 2.50 bits per heavy atom. The van der Waals surface area contributed by atoms with Gasteiger partial charge >= 0.3 is 11.2 Å². The quantitative estimate of drug-likeness (QED) is 0.351. The first kappa shape index (κ1) is 16.0. The molecule has 0 saturated heterocycles. The van der Waals surface area contributed by atoms with Crippen LogP contribution in [0.25, 0.3) is 0 Å². The highest BCUT2D eigenvalue weighted by molar-refractivity contribution is 7.95. The number of rotatable bonds is 6. The van der Waals surface area contributed by atoms with Crippen molar-refractivity contribution >= 4 is 17.8 Å². The molecule has 2 aliphatic rings. The fraction of sp³-hybridized carbons (Fsp3) is 0.900. The molecule has 0 heterocycles. The Hall–Kier alpha value is -0.420. The third kappa shape index (κ3) is 2.93. The normalized spacial score (nSPS) is 32.6. The highest BCUT2D eigenvalue weighted by Gasteiger charge is 2.60. The van der Waals surface area contributed by atoms with E-state index < -0.39 is 35.9 Å². The molecule has 5 nitrogen and oxygen atoms in total. The number of halogens is 4. The number of ether oxygens (including phenoxy) is 1. The van der Waals surface area contributed by atoms with Crippen LogP contribution in [0.5, 0.6) is 0 Å². The molecule has 4 unspecified atom stereocenters. The first-order chi connectivity index (χ1) is 9.28. The summed E-state index contributed by atoms with van der Waals surface area (Å²) < 4.78 is 60.0. The molecule has 0 aromatic rings. The molecule has 10 heteroatoms.